The molecule has 0 saturated carbocycles. The zero-order valence-electron chi connectivity index (χ0n) is 6.99. The highest BCUT2D eigenvalue weighted by atomic mass is 35.5. The summed E-state index contributed by atoms with van der Waals surface area (Å²) in [6.45, 7) is 2.06. The van der Waals surface area contributed by atoms with Crippen molar-refractivity contribution in [2.24, 2.45) is 5.92 Å². The number of rotatable bonds is 2. The molecule has 1 heterocycles. The van der Waals surface area contributed by atoms with Crippen molar-refractivity contribution >= 4 is 23.2 Å². The first kappa shape index (κ1) is 10.1. The van der Waals surface area contributed by atoms with Crippen LogP contribution in [0, 0.1) is 5.92 Å². The van der Waals surface area contributed by atoms with Crippen LogP contribution in [-0.4, -0.2) is 30.9 Å². The van der Waals surface area contributed by atoms with Crippen molar-refractivity contribution in [1.82, 2.24) is 0 Å². The summed E-state index contributed by atoms with van der Waals surface area (Å²) in [4.78, 5) is 20.9. The van der Waals surface area contributed by atoms with Gasteiger partial charge in [0.05, 0.1) is 0 Å². The molecule has 74 valence electrons. The van der Waals surface area contributed by atoms with E-state index in [1.165, 1.54) is 0 Å². The summed E-state index contributed by atoms with van der Waals surface area (Å²) in [5.41, 5.74) is -0.908. The zero-order chi connectivity index (χ0) is 9.84. The Hall–Kier alpha value is -0.970. The highest BCUT2D eigenvalue weighted by Gasteiger charge is 2.29. The van der Waals surface area contributed by atoms with Crippen LogP contribution in [0.2, 0.25) is 0 Å². The van der Waals surface area contributed by atoms with Crippen LogP contribution in [0.3, 0.4) is 0 Å². The van der Waals surface area contributed by atoms with Gasteiger partial charge in [0.25, 0.3) is 0 Å². The van der Waals surface area contributed by atoms with E-state index >= 15 is 0 Å². The minimum atomic E-state index is -0.908. The molecule has 0 spiro atoms. The second-order valence-electron chi connectivity index (χ2n) is 2.74. The van der Waals surface area contributed by atoms with Crippen LogP contribution in [0.4, 0.5) is 9.59 Å². The molecule has 0 aromatic carbocycles. The maximum absolute atomic E-state index is 10.6. The summed E-state index contributed by atoms with van der Waals surface area (Å²) in [7, 11) is 0. The maximum Gasteiger partial charge on any atom is 0.508 e. The normalized spacial score (nSPS) is 27.4. The number of ether oxygens (including phenoxy) is 3. The van der Waals surface area contributed by atoms with Crippen molar-refractivity contribution in [1.29, 1.82) is 0 Å². The third kappa shape index (κ3) is 3.10. The van der Waals surface area contributed by atoms with E-state index in [1.807, 2.05) is 6.92 Å². The molecule has 0 aromatic rings. The van der Waals surface area contributed by atoms with Crippen molar-refractivity contribution in [3.63, 3.8) is 0 Å². The summed E-state index contributed by atoms with van der Waals surface area (Å²) < 4.78 is 13.8. The van der Waals surface area contributed by atoms with Gasteiger partial charge in [-0.3, -0.25) is 0 Å². The second kappa shape index (κ2) is 4.32. The Morgan fingerprint density at radius 1 is 1.77 bits per heavy atom. The Kier molecular flexibility index (Phi) is 3.36. The topological polar surface area (TPSA) is 61.8 Å². The molecule has 0 bridgehead atoms. The molecule has 1 aliphatic heterocycles. The highest BCUT2D eigenvalue weighted by Crippen LogP contribution is 2.15. The van der Waals surface area contributed by atoms with Gasteiger partial charge >= 0.3 is 11.6 Å². The lowest BCUT2D eigenvalue weighted by Gasteiger charge is -2.27. The van der Waals surface area contributed by atoms with Crippen LogP contribution < -0.4 is 0 Å². The van der Waals surface area contributed by atoms with E-state index in [9.17, 15) is 9.59 Å². The smallest absolute Gasteiger partial charge is 0.450 e. The van der Waals surface area contributed by atoms with Crippen molar-refractivity contribution in [3.05, 3.63) is 0 Å². The van der Waals surface area contributed by atoms with Gasteiger partial charge in [-0.2, -0.15) is 0 Å². The number of cyclic esters (lactones) is 2. The molecule has 0 N–H and O–H groups in total. The molecule has 6 heteroatoms. The fraction of sp³-hybridized carbons (Fsp3) is 0.714. The van der Waals surface area contributed by atoms with Gasteiger partial charge < -0.3 is 14.2 Å². The largest absolute Gasteiger partial charge is 0.508 e. The number of hydrogen-bond acceptors (Lipinski definition) is 5. The molecule has 1 saturated heterocycles. The lowest BCUT2D eigenvalue weighted by atomic mass is 10.1. The Morgan fingerprint density at radius 3 is 3.08 bits per heavy atom. The molecule has 5 nitrogen and oxygen atoms in total. The van der Waals surface area contributed by atoms with Crippen molar-refractivity contribution in [2.75, 3.05) is 13.2 Å². The quantitative estimate of drug-likeness (QED) is 0.509. The molecular formula is C7H9ClO5. The average molecular weight is 209 g/mol. The molecule has 1 aliphatic rings. The molecule has 1 fully saturated rings. The fourth-order valence-electron chi connectivity index (χ4n) is 0.927. The summed E-state index contributed by atoms with van der Waals surface area (Å²) in [5.74, 6) is -0.00582. The van der Waals surface area contributed by atoms with Crippen molar-refractivity contribution < 1.29 is 23.8 Å². The van der Waals surface area contributed by atoms with Gasteiger partial charge in [0.2, 0.25) is 0 Å². The number of hydrogen-bond donors (Lipinski definition) is 0. The number of halogens is 1. The first-order chi connectivity index (χ1) is 6.09. The van der Waals surface area contributed by atoms with Gasteiger partial charge in [-0.15, -0.1) is 0 Å². The van der Waals surface area contributed by atoms with Crippen LogP contribution in [0.15, 0.2) is 0 Å². The van der Waals surface area contributed by atoms with Gasteiger partial charge in [0.1, 0.15) is 19.3 Å². The van der Waals surface area contributed by atoms with E-state index in [4.69, 9.17) is 16.3 Å². The number of carbonyl (C=O) groups is 2. The molecule has 1 rings (SSSR count). The minimum Gasteiger partial charge on any atom is -0.450 e. The SMILES string of the molecule is CC1COC(=O)OC1COC(=O)Cl. The molecule has 13 heavy (non-hydrogen) atoms. The Morgan fingerprint density at radius 2 is 2.46 bits per heavy atom. The molecular weight excluding hydrogens is 200 g/mol. The van der Waals surface area contributed by atoms with Crippen LogP contribution in [-0.2, 0) is 14.2 Å². The van der Waals surface area contributed by atoms with Gasteiger partial charge in [0, 0.05) is 17.5 Å². The maximum atomic E-state index is 10.6. The molecule has 0 aromatic heterocycles. The Labute approximate surface area is 79.9 Å². The lowest BCUT2D eigenvalue weighted by Crippen LogP contribution is -2.38. The van der Waals surface area contributed by atoms with Gasteiger partial charge in [-0.05, 0) is 0 Å². The minimum absolute atomic E-state index is 0.00582. The fourth-order valence-corrected chi connectivity index (χ4v) is 0.990. The van der Waals surface area contributed by atoms with Gasteiger partial charge in [-0.25, -0.2) is 9.59 Å². The molecule has 2 atom stereocenters. The zero-order valence-corrected chi connectivity index (χ0v) is 7.74. The van der Waals surface area contributed by atoms with Gasteiger partial charge in [0.15, 0.2) is 0 Å². The van der Waals surface area contributed by atoms with E-state index in [1.54, 1.807) is 0 Å². The van der Waals surface area contributed by atoms with Crippen molar-refractivity contribution in [2.45, 2.75) is 13.0 Å². The predicted octanol–water partition coefficient (Wildman–Crippen LogP) is 1.53. The van der Waals surface area contributed by atoms with Gasteiger partial charge in [-0.1, -0.05) is 6.92 Å². The van der Waals surface area contributed by atoms with Crippen molar-refractivity contribution in [3.8, 4) is 0 Å². The van der Waals surface area contributed by atoms with E-state index in [0.717, 1.165) is 0 Å². The van der Waals surface area contributed by atoms with Crippen LogP contribution in [0.25, 0.3) is 0 Å². The monoisotopic (exact) mass is 208 g/mol. The molecule has 0 radical (unpaired) electrons. The Balaban J connectivity index is 2.37. The van der Waals surface area contributed by atoms with E-state index in [-0.39, 0.29) is 19.1 Å². The molecule has 2 unspecified atom stereocenters. The summed E-state index contributed by atoms with van der Waals surface area (Å²) in [6.07, 6.45) is -1.21. The van der Waals surface area contributed by atoms with Crippen LogP contribution in [0.1, 0.15) is 6.92 Å². The molecule has 0 amide bonds. The third-order valence-electron chi connectivity index (χ3n) is 1.71. The molecule has 0 aliphatic carbocycles. The first-order valence-electron chi connectivity index (χ1n) is 3.75. The van der Waals surface area contributed by atoms with Crippen LogP contribution in [0.5, 0.6) is 0 Å². The standard InChI is InChI=1S/C7H9ClO5/c1-4-2-12-7(10)13-5(4)3-11-6(8)9/h4-5H,2-3H2,1H3. The van der Waals surface area contributed by atoms with E-state index in [2.05, 4.69) is 9.47 Å². The summed E-state index contributed by atoms with van der Waals surface area (Å²) >= 11 is 4.95. The third-order valence-corrected chi connectivity index (χ3v) is 1.82. The van der Waals surface area contributed by atoms with E-state index < -0.39 is 17.7 Å². The highest BCUT2D eigenvalue weighted by molar-refractivity contribution is 6.61. The predicted molar refractivity (Wildman–Crippen MR) is 42.6 cm³/mol. The van der Waals surface area contributed by atoms with Crippen LogP contribution >= 0.6 is 11.6 Å². The Bertz CT molecular complexity index is 217. The second-order valence-corrected chi connectivity index (χ2v) is 3.05. The van der Waals surface area contributed by atoms with E-state index in [0.29, 0.717) is 0 Å². The summed E-state index contributed by atoms with van der Waals surface area (Å²) in [6, 6.07) is 0. The number of carbonyl (C=O) groups excluding carboxylic acids is 2. The average Bonchev–Trinajstić information content (AvgIpc) is 2.06. The first-order valence-corrected chi connectivity index (χ1v) is 4.13. The lowest BCUT2D eigenvalue weighted by molar-refractivity contribution is -0.0714. The summed E-state index contributed by atoms with van der Waals surface area (Å²) in [5, 5.41) is 0.